The lowest BCUT2D eigenvalue weighted by atomic mass is 10.1. The molecule has 0 saturated carbocycles. The second kappa shape index (κ2) is 7.21. The standard InChI is InChI=1S/C18H27N3O3/c1-13-10-14(2)12-15(11-13)24-9-8-20(5)6-7-21-16(22)18(3,4)19-17(21)23/h10-12H,6-9H2,1-5H3,(H,19,23). The summed E-state index contributed by atoms with van der Waals surface area (Å²) in [6, 6.07) is 5.83. The molecule has 1 aromatic carbocycles. The zero-order valence-electron chi connectivity index (χ0n) is 15.2. The molecule has 6 heteroatoms. The van der Waals surface area contributed by atoms with E-state index in [-0.39, 0.29) is 11.9 Å². The Morgan fingerprint density at radius 2 is 1.75 bits per heavy atom. The van der Waals surface area contributed by atoms with E-state index in [4.69, 9.17) is 4.74 Å². The first kappa shape index (κ1) is 18.3. The minimum atomic E-state index is -0.804. The topological polar surface area (TPSA) is 61.9 Å². The fourth-order valence-corrected chi connectivity index (χ4v) is 2.74. The average molecular weight is 333 g/mol. The van der Waals surface area contributed by atoms with Gasteiger partial charge in [-0.25, -0.2) is 4.79 Å². The fourth-order valence-electron chi connectivity index (χ4n) is 2.74. The van der Waals surface area contributed by atoms with E-state index in [2.05, 4.69) is 16.3 Å². The van der Waals surface area contributed by atoms with Crippen LogP contribution in [0.25, 0.3) is 0 Å². The number of likely N-dealkylation sites (N-methyl/N-ethyl adjacent to an activating group) is 1. The highest BCUT2D eigenvalue weighted by atomic mass is 16.5. The normalized spacial score (nSPS) is 16.7. The number of urea groups is 1. The molecule has 1 N–H and O–H groups in total. The molecule has 1 fully saturated rings. The Morgan fingerprint density at radius 3 is 2.29 bits per heavy atom. The summed E-state index contributed by atoms with van der Waals surface area (Å²) >= 11 is 0. The van der Waals surface area contributed by atoms with Gasteiger partial charge in [0.2, 0.25) is 0 Å². The van der Waals surface area contributed by atoms with Crippen molar-refractivity contribution < 1.29 is 14.3 Å². The van der Waals surface area contributed by atoms with E-state index in [1.807, 2.05) is 33.0 Å². The number of hydrogen-bond acceptors (Lipinski definition) is 4. The van der Waals surface area contributed by atoms with Gasteiger partial charge in [-0.15, -0.1) is 0 Å². The van der Waals surface area contributed by atoms with Gasteiger partial charge in [0.05, 0.1) is 0 Å². The second-order valence-corrected chi connectivity index (χ2v) is 6.99. The number of aryl methyl sites for hydroxylation is 2. The van der Waals surface area contributed by atoms with Crippen LogP contribution in [0.5, 0.6) is 5.75 Å². The van der Waals surface area contributed by atoms with Gasteiger partial charge in [0.15, 0.2) is 0 Å². The Balaban J connectivity index is 1.75. The summed E-state index contributed by atoms with van der Waals surface area (Å²) in [4.78, 5) is 27.3. The molecule has 0 radical (unpaired) electrons. The third-order valence-corrected chi connectivity index (χ3v) is 4.09. The van der Waals surface area contributed by atoms with Gasteiger partial charge in [0.25, 0.3) is 5.91 Å². The summed E-state index contributed by atoms with van der Waals surface area (Å²) in [6.07, 6.45) is 0. The van der Waals surface area contributed by atoms with Crippen LogP contribution < -0.4 is 10.1 Å². The third kappa shape index (κ3) is 4.47. The molecule has 1 aliphatic heterocycles. The monoisotopic (exact) mass is 333 g/mol. The molecule has 1 heterocycles. The van der Waals surface area contributed by atoms with E-state index in [0.717, 1.165) is 12.3 Å². The number of carbonyl (C=O) groups excluding carboxylic acids is 2. The van der Waals surface area contributed by atoms with Crippen LogP contribution in [0, 0.1) is 13.8 Å². The molecule has 6 nitrogen and oxygen atoms in total. The molecule has 1 saturated heterocycles. The highest BCUT2D eigenvalue weighted by Gasteiger charge is 2.43. The van der Waals surface area contributed by atoms with E-state index in [0.29, 0.717) is 19.7 Å². The summed E-state index contributed by atoms with van der Waals surface area (Å²) in [7, 11) is 1.95. The Kier molecular flexibility index (Phi) is 5.49. The van der Waals surface area contributed by atoms with Gasteiger partial charge in [-0.3, -0.25) is 9.69 Å². The minimum Gasteiger partial charge on any atom is -0.492 e. The number of carbonyl (C=O) groups is 2. The van der Waals surface area contributed by atoms with E-state index >= 15 is 0 Å². The number of rotatable bonds is 7. The van der Waals surface area contributed by atoms with E-state index in [1.165, 1.54) is 16.0 Å². The summed E-state index contributed by atoms with van der Waals surface area (Å²) < 4.78 is 5.78. The molecule has 3 amide bonds. The van der Waals surface area contributed by atoms with Gasteiger partial charge in [-0.05, 0) is 58.0 Å². The summed E-state index contributed by atoms with van der Waals surface area (Å²) in [5.41, 5.74) is 1.56. The Hall–Kier alpha value is -2.08. The lowest BCUT2D eigenvalue weighted by molar-refractivity contribution is -0.130. The molecule has 0 atom stereocenters. The predicted molar refractivity (Wildman–Crippen MR) is 93.2 cm³/mol. The van der Waals surface area contributed by atoms with Crippen molar-refractivity contribution >= 4 is 11.9 Å². The van der Waals surface area contributed by atoms with Crippen molar-refractivity contribution in [3.05, 3.63) is 29.3 Å². The van der Waals surface area contributed by atoms with Crippen LogP contribution in [0.3, 0.4) is 0 Å². The Labute approximate surface area is 143 Å². The highest BCUT2D eigenvalue weighted by molar-refractivity contribution is 6.06. The first-order valence-electron chi connectivity index (χ1n) is 8.23. The van der Waals surface area contributed by atoms with Gasteiger partial charge in [0.1, 0.15) is 17.9 Å². The Morgan fingerprint density at radius 1 is 1.12 bits per heavy atom. The average Bonchev–Trinajstić information content (AvgIpc) is 2.64. The second-order valence-electron chi connectivity index (χ2n) is 6.99. The molecular formula is C18H27N3O3. The maximum atomic E-state index is 12.1. The number of amides is 3. The van der Waals surface area contributed by atoms with Crippen LogP contribution >= 0.6 is 0 Å². The van der Waals surface area contributed by atoms with Gasteiger partial charge in [0, 0.05) is 19.6 Å². The van der Waals surface area contributed by atoms with Gasteiger partial charge < -0.3 is 15.0 Å². The van der Waals surface area contributed by atoms with Crippen LogP contribution in [0.1, 0.15) is 25.0 Å². The molecule has 2 rings (SSSR count). The van der Waals surface area contributed by atoms with Crippen molar-refractivity contribution in [3.8, 4) is 5.75 Å². The molecule has 1 aliphatic rings. The number of hydrogen-bond donors (Lipinski definition) is 1. The first-order valence-corrected chi connectivity index (χ1v) is 8.23. The summed E-state index contributed by atoms with van der Waals surface area (Å²) in [6.45, 7) is 9.81. The summed E-state index contributed by atoms with van der Waals surface area (Å²) in [5, 5.41) is 2.69. The molecule has 24 heavy (non-hydrogen) atoms. The maximum absolute atomic E-state index is 12.1. The molecule has 0 aliphatic carbocycles. The van der Waals surface area contributed by atoms with Gasteiger partial charge >= 0.3 is 6.03 Å². The van der Waals surface area contributed by atoms with Crippen LogP contribution in [0.15, 0.2) is 18.2 Å². The number of ether oxygens (including phenoxy) is 1. The van der Waals surface area contributed by atoms with Crippen LogP contribution in [-0.2, 0) is 4.79 Å². The zero-order chi connectivity index (χ0) is 17.9. The van der Waals surface area contributed by atoms with Crippen molar-refractivity contribution in [3.63, 3.8) is 0 Å². The van der Waals surface area contributed by atoms with Crippen molar-refractivity contribution in [2.75, 3.05) is 33.3 Å². The molecule has 0 bridgehead atoms. The number of imide groups is 1. The van der Waals surface area contributed by atoms with E-state index in [1.54, 1.807) is 13.8 Å². The van der Waals surface area contributed by atoms with Crippen molar-refractivity contribution in [1.82, 2.24) is 15.1 Å². The third-order valence-electron chi connectivity index (χ3n) is 4.09. The lowest BCUT2D eigenvalue weighted by Gasteiger charge is -2.21. The van der Waals surface area contributed by atoms with Crippen molar-refractivity contribution in [1.29, 1.82) is 0 Å². The SMILES string of the molecule is Cc1cc(C)cc(OCCN(C)CCN2C(=O)NC(C)(C)C2=O)c1. The van der Waals surface area contributed by atoms with Crippen molar-refractivity contribution in [2.24, 2.45) is 0 Å². The molecule has 132 valence electrons. The number of nitrogens with zero attached hydrogens (tertiary/aromatic N) is 2. The van der Waals surface area contributed by atoms with Gasteiger partial charge in [-0.2, -0.15) is 0 Å². The van der Waals surface area contributed by atoms with Gasteiger partial charge in [-0.1, -0.05) is 6.07 Å². The molecule has 0 unspecified atom stereocenters. The molecule has 1 aromatic rings. The molecular weight excluding hydrogens is 306 g/mol. The minimum absolute atomic E-state index is 0.174. The quantitative estimate of drug-likeness (QED) is 0.775. The largest absolute Gasteiger partial charge is 0.492 e. The smallest absolute Gasteiger partial charge is 0.325 e. The van der Waals surface area contributed by atoms with Crippen LogP contribution in [0.2, 0.25) is 0 Å². The molecule has 0 spiro atoms. The van der Waals surface area contributed by atoms with E-state index < -0.39 is 5.54 Å². The Bertz CT molecular complexity index is 608. The predicted octanol–water partition coefficient (Wildman–Crippen LogP) is 1.94. The highest BCUT2D eigenvalue weighted by Crippen LogP contribution is 2.17. The lowest BCUT2D eigenvalue weighted by Crippen LogP contribution is -2.41. The number of benzene rings is 1. The fraction of sp³-hybridized carbons (Fsp3) is 0.556. The van der Waals surface area contributed by atoms with Crippen molar-refractivity contribution in [2.45, 2.75) is 33.2 Å². The maximum Gasteiger partial charge on any atom is 0.325 e. The first-order chi connectivity index (χ1) is 11.2. The van der Waals surface area contributed by atoms with E-state index in [9.17, 15) is 9.59 Å². The van der Waals surface area contributed by atoms with Crippen LogP contribution in [0.4, 0.5) is 4.79 Å². The number of nitrogens with one attached hydrogen (secondary N) is 1. The van der Waals surface area contributed by atoms with Crippen LogP contribution in [-0.4, -0.2) is 60.6 Å². The zero-order valence-corrected chi connectivity index (χ0v) is 15.2. The molecule has 0 aromatic heterocycles. The summed E-state index contributed by atoms with van der Waals surface area (Å²) in [5.74, 6) is 0.698.